The average molecular weight is 526 g/mol. The maximum Gasteiger partial charge on any atom is 0.573 e. The van der Waals surface area contributed by atoms with Crippen LogP contribution in [0, 0.1) is 11.3 Å². The van der Waals surface area contributed by atoms with E-state index < -0.39 is 6.36 Å². The van der Waals surface area contributed by atoms with Crippen LogP contribution >= 0.6 is 15.9 Å². The molecule has 0 saturated heterocycles. The normalized spacial score (nSPS) is 20.6. The number of alkyl halides is 3. The Morgan fingerprint density at radius 3 is 2.45 bits per heavy atom. The summed E-state index contributed by atoms with van der Waals surface area (Å²) in [6.07, 6.45) is -1.55. The first-order valence-corrected chi connectivity index (χ1v) is 11.6. The van der Waals surface area contributed by atoms with E-state index >= 15 is 0 Å². The van der Waals surface area contributed by atoms with Gasteiger partial charge in [-0.3, -0.25) is 0 Å². The number of hydrogen-bond donors (Lipinski definition) is 1. The van der Waals surface area contributed by atoms with Gasteiger partial charge in [-0.1, -0.05) is 20.8 Å². The zero-order valence-electron chi connectivity index (χ0n) is 19.0. The molecule has 33 heavy (non-hydrogen) atoms. The van der Waals surface area contributed by atoms with Gasteiger partial charge in [-0.2, -0.15) is 0 Å². The monoisotopic (exact) mass is 525 g/mol. The van der Waals surface area contributed by atoms with Crippen molar-refractivity contribution < 1.29 is 22.6 Å². The van der Waals surface area contributed by atoms with Gasteiger partial charge in [0, 0.05) is 17.8 Å². The van der Waals surface area contributed by atoms with Gasteiger partial charge in [0.25, 0.3) is 0 Å². The Labute approximate surface area is 199 Å². The predicted molar refractivity (Wildman–Crippen MR) is 126 cm³/mol. The molecule has 0 radical (unpaired) electrons. The molecule has 2 atom stereocenters. The lowest BCUT2D eigenvalue weighted by Gasteiger charge is -2.40. The molecule has 0 amide bonds. The fourth-order valence-corrected chi connectivity index (χ4v) is 5.57. The Morgan fingerprint density at radius 1 is 1.15 bits per heavy atom. The molecule has 1 aliphatic rings. The molecule has 9 heteroatoms. The number of halogens is 4. The summed E-state index contributed by atoms with van der Waals surface area (Å²) in [5.74, 6) is 1.65. The number of nitrogens with one attached hydrogen (secondary N) is 1. The summed E-state index contributed by atoms with van der Waals surface area (Å²) < 4.78 is 50.0. The number of benzene rings is 2. The second-order valence-electron chi connectivity index (χ2n) is 9.55. The molecule has 1 aliphatic carbocycles. The van der Waals surface area contributed by atoms with Gasteiger partial charge in [0.15, 0.2) is 0 Å². The van der Waals surface area contributed by atoms with E-state index in [1.807, 2.05) is 12.1 Å². The highest BCUT2D eigenvalue weighted by molar-refractivity contribution is 9.10. The van der Waals surface area contributed by atoms with Gasteiger partial charge in [0.05, 0.1) is 22.6 Å². The number of hydrogen-bond acceptors (Lipinski definition) is 4. The number of fused-ring (bicyclic) bond motifs is 1. The lowest BCUT2D eigenvalue weighted by atomic mass is 9.70. The fraction of sp³-hybridized carbons (Fsp3) is 0.458. The second kappa shape index (κ2) is 8.74. The lowest BCUT2D eigenvalue weighted by Crippen LogP contribution is -2.29. The first-order chi connectivity index (χ1) is 15.4. The topological polar surface area (TPSA) is 48.3 Å². The van der Waals surface area contributed by atoms with Crippen LogP contribution < -0.4 is 14.8 Å². The van der Waals surface area contributed by atoms with Crippen LogP contribution in [0.4, 0.5) is 24.8 Å². The number of imidazole rings is 1. The van der Waals surface area contributed by atoms with E-state index in [9.17, 15) is 13.2 Å². The first kappa shape index (κ1) is 23.7. The zero-order chi connectivity index (χ0) is 24.0. The minimum Gasteiger partial charge on any atom is -0.495 e. The third kappa shape index (κ3) is 5.39. The standard InChI is InChI=1S/C24H27BrF3N3O2/c1-14-9-16(13-23(2,3)12-14)31-20-11-21(32-4)18(25)10-19(20)30-22(31)29-15-5-7-17(8-6-15)33-24(26,27)28/h5-8,10-11,14,16H,9,12-13H2,1-4H3,(H,29,30)/t14-,16?/m0/s1. The van der Waals surface area contributed by atoms with Crippen molar-refractivity contribution in [2.45, 2.75) is 52.4 Å². The third-order valence-electron chi connectivity index (χ3n) is 6.04. The summed E-state index contributed by atoms with van der Waals surface area (Å²) in [6, 6.07) is 9.79. The van der Waals surface area contributed by atoms with Crippen molar-refractivity contribution >= 4 is 38.6 Å². The summed E-state index contributed by atoms with van der Waals surface area (Å²) in [5, 5.41) is 3.31. The van der Waals surface area contributed by atoms with Crippen molar-refractivity contribution in [3.63, 3.8) is 0 Å². The number of rotatable bonds is 5. The van der Waals surface area contributed by atoms with Crippen molar-refractivity contribution in [2.24, 2.45) is 11.3 Å². The van der Waals surface area contributed by atoms with Crippen LogP contribution in [0.1, 0.15) is 46.1 Å². The van der Waals surface area contributed by atoms with E-state index in [4.69, 9.17) is 9.72 Å². The summed E-state index contributed by atoms with van der Waals surface area (Å²) in [4.78, 5) is 4.83. The van der Waals surface area contributed by atoms with Gasteiger partial charge in [-0.05, 0) is 76.9 Å². The Hall–Kier alpha value is -2.42. The Kier molecular flexibility index (Phi) is 6.28. The minimum absolute atomic E-state index is 0.187. The molecule has 2 aromatic carbocycles. The van der Waals surface area contributed by atoms with Crippen molar-refractivity contribution in [1.29, 1.82) is 0 Å². The molecule has 4 rings (SSSR count). The molecule has 178 valence electrons. The molecule has 1 unspecified atom stereocenters. The number of methoxy groups -OCH3 is 1. The van der Waals surface area contributed by atoms with Crippen LogP contribution in [0.5, 0.6) is 11.5 Å². The van der Waals surface area contributed by atoms with Crippen LogP contribution in [-0.2, 0) is 0 Å². The van der Waals surface area contributed by atoms with Gasteiger partial charge >= 0.3 is 6.36 Å². The third-order valence-corrected chi connectivity index (χ3v) is 6.66. The van der Waals surface area contributed by atoms with Gasteiger partial charge < -0.3 is 19.4 Å². The molecule has 1 heterocycles. The molecule has 5 nitrogen and oxygen atoms in total. The summed E-state index contributed by atoms with van der Waals surface area (Å²) in [5.41, 5.74) is 2.56. The van der Waals surface area contributed by atoms with Crippen molar-refractivity contribution in [3.05, 3.63) is 40.9 Å². The smallest absolute Gasteiger partial charge is 0.495 e. The largest absolute Gasteiger partial charge is 0.573 e. The Bertz CT molecular complexity index is 1140. The van der Waals surface area contributed by atoms with Crippen LogP contribution in [0.2, 0.25) is 0 Å². The Morgan fingerprint density at radius 2 is 1.85 bits per heavy atom. The molecule has 1 saturated carbocycles. The van der Waals surface area contributed by atoms with Gasteiger partial charge in [-0.15, -0.1) is 13.2 Å². The molecule has 0 spiro atoms. The Balaban J connectivity index is 1.75. The van der Waals surface area contributed by atoms with Gasteiger partial charge in [0.2, 0.25) is 5.95 Å². The van der Waals surface area contributed by atoms with E-state index in [2.05, 4.69) is 51.3 Å². The number of nitrogens with zero attached hydrogens (tertiary/aromatic N) is 2. The van der Waals surface area contributed by atoms with E-state index in [-0.39, 0.29) is 17.2 Å². The highest BCUT2D eigenvalue weighted by atomic mass is 79.9. The van der Waals surface area contributed by atoms with E-state index in [0.717, 1.165) is 34.8 Å². The number of ether oxygens (including phenoxy) is 2. The molecular weight excluding hydrogens is 499 g/mol. The highest BCUT2D eigenvalue weighted by Crippen LogP contribution is 2.46. The molecule has 1 fully saturated rings. The van der Waals surface area contributed by atoms with E-state index in [1.165, 1.54) is 12.1 Å². The van der Waals surface area contributed by atoms with Crippen molar-refractivity contribution in [3.8, 4) is 11.5 Å². The van der Waals surface area contributed by atoms with E-state index in [0.29, 0.717) is 23.3 Å². The highest BCUT2D eigenvalue weighted by Gasteiger charge is 2.35. The van der Waals surface area contributed by atoms with Crippen molar-refractivity contribution in [2.75, 3.05) is 12.4 Å². The predicted octanol–water partition coefficient (Wildman–Crippen LogP) is 7.84. The van der Waals surface area contributed by atoms with Crippen molar-refractivity contribution in [1.82, 2.24) is 9.55 Å². The SMILES string of the molecule is COc1cc2c(cc1Br)nc(Nc1ccc(OC(F)(F)F)cc1)n2C1C[C@H](C)CC(C)(C)C1. The fourth-order valence-electron chi connectivity index (χ4n) is 5.07. The minimum atomic E-state index is -4.72. The quantitative estimate of drug-likeness (QED) is 0.368. The summed E-state index contributed by atoms with van der Waals surface area (Å²) in [6.45, 7) is 6.85. The number of aromatic nitrogens is 2. The molecule has 0 aliphatic heterocycles. The lowest BCUT2D eigenvalue weighted by molar-refractivity contribution is -0.274. The average Bonchev–Trinajstić information content (AvgIpc) is 3.02. The molecule has 0 bridgehead atoms. The van der Waals surface area contributed by atoms with Crippen LogP contribution in [-0.4, -0.2) is 23.0 Å². The first-order valence-electron chi connectivity index (χ1n) is 10.8. The molecule has 3 aromatic rings. The molecular formula is C24H27BrF3N3O2. The van der Waals surface area contributed by atoms with Crippen LogP contribution in [0.25, 0.3) is 11.0 Å². The van der Waals surface area contributed by atoms with Crippen LogP contribution in [0.3, 0.4) is 0 Å². The zero-order valence-corrected chi connectivity index (χ0v) is 20.5. The molecule has 1 aromatic heterocycles. The van der Waals surface area contributed by atoms with E-state index in [1.54, 1.807) is 19.2 Å². The summed E-state index contributed by atoms with van der Waals surface area (Å²) >= 11 is 3.53. The van der Waals surface area contributed by atoms with Gasteiger partial charge in [0.1, 0.15) is 11.5 Å². The maximum atomic E-state index is 12.5. The summed E-state index contributed by atoms with van der Waals surface area (Å²) in [7, 11) is 1.63. The second-order valence-corrected chi connectivity index (χ2v) is 10.4. The molecule has 1 N–H and O–H groups in total. The maximum absolute atomic E-state index is 12.5. The van der Waals surface area contributed by atoms with Crippen LogP contribution in [0.15, 0.2) is 40.9 Å². The van der Waals surface area contributed by atoms with Gasteiger partial charge in [-0.25, -0.2) is 4.98 Å². The number of anilines is 2.